The number of ether oxygens (including phenoxy) is 1. The van der Waals surface area contributed by atoms with Crippen molar-refractivity contribution in [2.75, 3.05) is 23.0 Å². The quantitative estimate of drug-likeness (QED) is 0.348. The molecule has 0 aliphatic heterocycles. The van der Waals surface area contributed by atoms with Gasteiger partial charge in [-0.1, -0.05) is 26.8 Å². The summed E-state index contributed by atoms with van der Waals surface area (Å²) >= 11 is 2.80. The van der Waals surface area contributed by atoms with Crippen molar-refractivity contribution in [3.8, 4) is 17.0 Å². The summed E-state index contributed by atoms with van der Waals surface area (Å²) < 4.78 is 5.47. The number of hydrogen-bond donors (Lipinski definition) is 2. The summed E-state index contributed by atoms with van der Waals surface area (Å²) in [5.41, 5.74) is 2.44. The Morgan fingerprint density at radius 1 is 1.06 bits per heavy atom. The number of nitrogens with one attached hydrogen (secondary N) is 2. The second kappa shape index (κ2) is 11.3. The lowest BCUT2D eigenvalue weighted by atomic mass is 9.92. The highest BCUT2D eigenvalue weighted by atomic mass is 32.2. The summed E-state index contributed by atoms with van der Waals surface area (Å²) in [4.78, 5) is 30.0. The molecule has 8 heteroatoms. The summed E-state index contributed by atoms with van der Waals surface area (Å²) in [6, 6.07) is 15.2. The summed E-state index contributed by atoms with van der Waals surface area (Å²) in [5.74, 6) is 0.918. The van der Waals surface area contributed by atoms with Gasteiger partial charge in [-0.15, -0.1) is 23.1 Å². The summed E-state index contributed by atoms with van der Waals surface area (Å²) in [5, 5.41) is 8.27. The minimum atomic E-state index is -0.130. The third-order valence-corrected chi connectivity index (χ3v) is 6.14. The molecule has 3 aromatic rings. The number of aromatic nitrogens is 1. The van der Waals surface area contributed by atoms with Gasteiger partial charge in [0.15, 0.2) is 5.13 Å². The molecule has 0 spiro atoms. The first-order valence-corrected chi connectivity index (χ1v) is 12.6. The molecule has 0 saturated carbocycles. The Labute approximate surface area is 203 Å². The Morgan fingerprint density at radius 2 is 1.82 bits per heavy atom. The van der Waals surface area contributed by atoms with Crippen LogP contribution < -0.4 is 15.4 Å². The summed E-state index contributed by atoms with van der Waals surface area (Å²) in [6.07, 6.45) is 0.444. The summed E-state index contributed by atoms with van der Waals surface area (Å²) in [6.45, 7) is 8.66. The smallest absolute Gasteiger partial charge is 0.236 e. The average Bonchev–Trinajstić information content (AvgIpc) is 3.20. The van der Waals surface area contributed by atoms with Crippen LogP contribution in [-0.2, 0) is 9.59 Å². The van der Waals surface area contributed by atoms with E-state index in [0.717, 1.165) is 27.6 Å². The number of rotatable bonds is 9. The van der Waals surface area contributed by atoms with Crippen molar-refractivity contribution in [1.82, 2.24) is 4.98 Å². The highest BCUT2D eigenvalue weighted by molar-refractivity contribution is 8.00. The molecule has 2 aromatic carbocycles. The van der Waals surface area contributed by atoms with Crippen LogP contribution in [0.1, 0.15) is 34.1 Å². The maximum Gasteiger partial charge on any atom is 0.236 e. The van der Waals surface area contributed by atoms with Gasteiger partial charge >= 0.3 is 0 Å². The van der Waals surface area contributed by atoms with Gasteiger partial charge in [-0.2, -0.15) is 0 Å². The third-order valence-electron chi connectivity index (χ3n) is 4.39. The molecule has 0 aliphatic rings. The number of anilines is 2. The Morgan fingerprint density at radius 3 is 2.52 bits per heavy atom. The van der Waals surface area contributed by atoms with Crippen LogP contribution in [0.15, 0.2) is 58.8 Å². The van der Waals surface area contributed by atoms with Gasteiger partial charge in [0.05, 0.1) is 18.1 Å². The largest absolute Gasteiger partial charge is 0.494 e. The SMILES string of the molecule is CCOc1ccc(-c2csc(NC(=O)CSc3cccc(NC(=O)CC(C)(C)C)c3)n2)cc1. The highest BCUT2D eigenvalue weighted by Gasteiger charge is 2.16. The van der Waals surface area contributed by atoms with Gasteiger partial charge in [0.1, 0.15) is 5.75 Å². The van der Waals surface area contributed by atoms with Crippen molar-refractivity contribution >= 4 is 45.7 Å². The molecular formula is C25H29N3O3S2. The van der Waals surface area contributed by atoms with E-state index in [-0.39, 0.29) is 23.0 Å². The molecule has 0 bridgehead atoms. The zero-order valence-electron chi connectivity index (χ0n) is 19.3. The number of carbonyl (C=O) groups excluding carboxylic acids is 2. The summed E-state index contributed by atoms with van der Waals surface area (Å²) in [7, 11) is 0. The van der Waals surface area contributed by atoms with Crippen molar-refractivity contribution < 1.29 is 14.3 Å². The van der Waals surface area contributed by atoms with E-state index in [4.69, 9.17) is 4.74 Å². The number of amides is 2. The molecule has 3 rings (SSSR count). The molecule has 2 N–H and O–H groups in total. The van der Waals surface area contributed by atoms with Gasteiger partial charge in [-0.3, -0.25) is 9.59 Å². The first-order chi connectivity index (χ1) is 15.7. The maximum absolute atomic E-state index is 12.4. The van der Waals surface area contributed by atoms with Crippen molar-refractivity contribution in [2.45, 2.75) is 39.0 Å². The molecule has 0 fully saturated rings. The van der Waals surface area contributed by atoms with E-state index in [1.807, 2.05) is 81.6 Å². The number of carbonyl (C=O) groups is 2. The van der Waals surface area contributed by atoms with Crippen LogP contribution in [0.4, 0.5) is 10.8 Å². The van der Waals surface area contributed by atoms with Crippen molar-refractivity contribution in [3.63, 3.8) is 0 Å². The Hall–Kier alpha value is -2.84. The molecule has 6 nitrogen and oxygen atoms in total. The fraction of sp³-hybridized carbons (Fsp3) is 0.320. The van der Waals surface area contributed by atoms with Gasteiger partial charge < -0.3 is 15.4 Å². The first-order valence-electron chi connectivity index (χ1n) is 10.7. The van der Waals surface area contributed by atoms with Gasteiger partial charge in [0, 0.05) is 27.9 Å². The zero-order valence-corrected chi connectivity index (χ0v) is 20.9. The van der Waals surface area contributed by atoms with Gasteiger partial charge in [-0.05, 0) is 54.8 Å². The molecule has 33 heavy (non-hydrogen) atoms. The standard InChI is InChI=1S/C25H29N3O3S2/c1-5-31-19-11-9-17(10-12-19)21-15-33-24(27-21)28-23(30)16-32-20-8-6-7-18(13-20)26-22(29)14-25(2,3)4/h6-13,15H,5,14,16H2,1-4H3,(H,26,29)(H,27,28,30). The molecule has 0 atom stereocenters. The van der Waals surface area contributed by atoms with Crippen molar-refractivity contribution in [3.05, 3.63) is 53.9 Å². The lowest BCUT2D eigenvalue weighted by Gasteiger charge is -2.17. The number of thiazole rings is 1. The van der Waals surface area contributed by atoms with E-state index in [9.17, 15) is 9.59 Å². The van der Waals surface area contributed by atoms with Gasteiger partial charge in [0.2, 0.25) is 11.8 Å². The molecule has 1 aromatic heterocycles. The number of nitrogens with zero attached hydrogens (tertiary/aromatic N) is 1. The van der Waals surface area contributed by atoms with E-state index in [1.54, 1.807) is 0 Å². The van der Waals surface area contributed by atoms with Crippen LogP contribution in [0.2, 0.25) is 0 Å². The van der Waals surface area contributed by atoms with Crippen LogP contribution in [-0.4, -0.2) is 29.2 Å². The second-order valence-corrected chi connectivity index (χ2v) is 10.6. The monoisotopic (exact) mass is 483 g/mol. The van der Waals surface area contributed by atoms with E-state index in [2.05, 4.69) is 15.6 Å². The molecule has 0 unspecified atom stereocenters. The zero-order chi connectivity index (χ0) is 23.8. The second-order valence-electron chi connectivity index (χ2n) is 8.65. The molecule has 0 radical (unpaired) electrons. The fourth-order valence-electron chi connectivity index (χ4n) is 3.01. The van der Waals surface area contributed by atoms with Crippen LogP contribution in [0.5, 0.6) is 5.75 Å². The Kier molecular flexibility index (Phi) is 8.52. The normalized spacial score (nSPS) is 11.2. The number of benzene rings is 2. The van der Waals surface area contributed by atoms with Crippen LogP contribution in [0.3, 0.4) is 0 Å². The minimum Gasteiger partial charge on any atom is -0.494 e. The Balaban J connectivity index is 1.51. The van der Waals surface area contributed by atoms with E-state index >= 15 is 0 Å². The van der Waals surface area contributed by atoms with Crippen LogP contribution in [0, 0.1) is 5.41 Å². The highest BCUT2D eigenvalue weighted by Crippen LogP contribution is 2.27. The first kappa shape index (κ1) is 24.8. The van der Waals surface area contributed by atoms with Gasteiger partial charge in [0.25, 0.3) is 0 Å². The van der Waals surface area contributed by atoms with E-state index in [0.29, 0.717) is 18.2 Å². The topological polar surface area (TPSA) is 80.3 Å². The molecule has 1 heterocycles. The molecule has 0 aliphatic carbocycles. The molecular weight excluding hydrogens is 454 g/mol. The predicted octanol–water partition coefficient (Wildman–Crippen LogP) is 6.31. The fourth-order valence-corrected chi connectivity index (χ4v) is 4.50. The van der Waals surface area contributed by atoms with E-state index < -0.39 is 0 Å². The van der Waals surface area contributed by atoms with E-state index in [1.165, 1.54) is 23.1 Å². The van der Waals surface area contributed by atoms with Crippen molar-refractivity contribution in [2.24, 2.45) is 5.41 Å². The number of hydrogen-bond acceptors (Lipinski definition) is 6. The maximum atomic E-state index is 12.4. The predicted molar refractivity (Wildman–Crippen MR) is 137 cm³/mol. The lowest BCUT2D eigenvalue weighted by Crippen LogP contribution is -2.19. The van der Waals surface area contributed by atoms with Crippen LogP contribution >= 0.6 is 23.1 Å². The lowest BCUT2D eigenvalue weighted by molar-refractivity contribution is -0.118. The third kappa shape index (κ3) is 8.22. The average molecular weight is 484 g/mol. The van der Waals surface area contributed by atoms with Gasteiger partial charge in [-0.25, -0.2) is 4.98 Å². The Bertz CT molecular complexity index is 1090. The molecule has 2 amide bonds. The van der Waals surface area contributed by atoms with Crippen LogP contribution in [0.25, 0.3) is 11.3 Å². The minimum absolute atomic E-state index is 0.0190. The molecule has 174 valence electrons. The molecule has 0 saturated heterocycles. The van der Waals surface area contributed by atoms with Crippen molar-refractivity contribution in [1.29, 1.82) is 0 Å². The number of thioether (sulfide) groups is 1.